The molecule has 4 unspecified atom stereocenters. The highest BCUT2D eigenvalue weighted by molar-refractivity contribution is 6.00. The van der Waals surface area contributed by atoms with Crippen molar-refractivity contribution in [1.29, 1.82) is 0 Å². The summed E-state index contributed by atoms with van der Waals surface area (Å²) in [6.07, 6.45) is 4.14. The zero-order valence-corrected chi connectivity index (χ0v) is 16.3. The van der Waals surface area contributed by atoms with Gasteiger partial charge in [0.1, 0.15) is 0 Å². The van der Waals surface area contributed by atoms with Crippen molar-refractivity contribution in [1.82, 2.24) is 29.8 Å². The summed E-state index contributed by atoms with van der Waals surface area (Å²) in [6, 6.07) is 14.7. The number of pyridine rings is 1. The first kappa shape index (κ1) is 17.1. The molecule has 1 aromatic carbocycles. The van der Waals surface area contributed by atoms with E-state index in [1.54, 1.807) is 10.7 Å². The Kier molecular flexibility index (Phi) is 3.90. The molecule has 1 saturated carbocycles. The van der Waals surface area contributed by atoms with Gasteiger partial charge in [-0.05, 0) is 58.7 Å². The molecule has 3 aliphatic heterocycles. The van der Waals surface area contributed by atoms with E-state index in [9.17, 15) is 4.79 Å². The number of tetrazole rings is 1. The summed E-state index contributed by atoms with van der Waals surface area (Å²) in [6.45, 7) is 4.12. The second kappa shape index (κ2) is 6.62. The molecule has 3 saturated heterocycles. The van der Waals surface area contributed by atoms with Crippen LogP contribution in [-0.4, -0.2) is 61.4 Å². The quantitative estimate of drug-likeness (QED) is 0.688. The molecule has 2 aromatic heterocycles. The number of aromatic nitrogens is 4. The molecule has 5 heterocycles. The van der Waals surface area contributed by atoms with E-state index >= 15 is 0 Å². The summed E-state index contributed by atoms with van der Waals surface area (Å²) in [5, 5.41) is 11.7. The summed E-state index contributed by atoms with van der Waals surface area (Å²) in [5.74, 6) is 1.98. The molecule has 7 rings (SSSR count). The normalized spacial score (nSPS) is 28.8. The number of piperidine rings is 2. The Morgan fingerprint density at radius 3 is 2.76 bits per heavy atom. The average Bonchev–Trinajstić information content (AvgIpc) is 3.41. The molecule has 4 atom stereocenters. The summed E-state index contributed by atoms with van der Waals surface area (Å²) in [5.41, 5.74) is 2.53. The number of hydrogen-bond acceptors (Lipinski definition) is 5. The first-order valence-corrected chi connectivity index (χ1v) is 10.5. The summed E-state index contributed by atoms with van der Waals surface area (Å²) in [4.78, 5) is 18.2. The predicted molar refractivity (Wildman–Crippen MR) is 107 cm³/mol. The van der Waals surface area contributed by atoms with Crippen molar-refractivity contribution >= 4 is 11.6 Å². The molecule has 0 spiro atoms. The van der Waals surface area contributed by atoms with Crippen LogP contribution in [0.25, 0.3) is 5.65 Å². The molecular weight excluding hydrogens is 364 g/mol. The maximum Gasteiger partial charge on any atom is 0.258 e. The third-order valence-electron chi connectivity index (χ3n) is 7.22. The number of fused-ring (bicyclic) bond motifs is 3. The van der Waals surface area contributed by atoms with Crippen molar-refractivity contribution in [2.24, 2.45) is 17.8 Å². The topological polar surface area (TPSA) is 66.6 Å². The van der Waals surface area contributed by atoms with Gasteiger partial charge in [-0.25, -0.2) is 0 Å². The van der Waals surface area contributed by atoms with E-state index in [1.807, 2.05) is 12.1 Å². The van der Waals surface area contributed by atoms with E-state index < -0.39 is 0 Å². The number of benzene rings is 1. The van der Waals surface area contributed by atoms with Gasteiger partial charge in [-0.1, -0.05) is 30.3 Å². The van der Waals surface area contributed by atoms with E-state index in [0.29, 0.717) is 35.0 Å². The number of hydrogen-bond donors (Lipinski definition) is 0. The van der Waals surface area contributed by atoms with Crippen LogP contribution in [0.15, 0.2) is 48.7 Å². The van der Waals surface area contributed by atoms with E-state index in [1.165, 1.54) is 12.0 Å². The lowest BCUT2D eigenvalue weighted by molar-refractivity contribution is -0.0143. The number of amides is 1. The second-order valence-electron chi connectivity index (χ2n) is 8.74. The van der Waals surface area contributed by atoms with Crippen LogP contribution in [0.1, 0.15) is 28.8 Å². The highest BCUT2D eigenvalue weighted by Gasteiger charge is 2.52. The molecule has 148 valence electrons. The molecule has 1 amide bonds. The Morgan fingerprint density at radius 1 is 1.00 bits per heavy atom. The van der Waals surface area contributed by atoms with Crippen molar-refractivity contribution in [3.05, 3.63) is 59.8 Å². The Labute approximate surface area is 169 Å². The van der Waals surface area contributed by atoms with Crippen LogP contribution in [0.2, 0.25) is 0 Å². The Balaban J connectivity index is 1.25. The number of nitrogens with zero attached hydrogens (tertiary/aromatic N) is 6. The number of likely N-dealkylation sites (tertiary alicyclic amines) is 1. The van der Waals surface area contributed by atoms with Crippen LogP contribution in [-0.2, 0) is 6.54 Å². The van der Waals surface area contributed by atoms with E-state index in [-0.39, 0.29) is 5.91 Å². The fourth-order valence-electron chi connectivity index (χ4n) is 5.95. The molecule has 3 aromatic rings. The largest absolute Gasteiger partial charge is 0.335 e. The van der Waals surface area contributed by atoms with Crippen molar-refractivity contribution in [3.63, 3.8) is 0 Å². The summed E-state index contributed by atoms with van der Waals surface area (Å²) < 4.78 is 1.58. The smallest absolute Gasteiger partial charge is 0.258 e. The molecule has 4 aliphatic rings. The summed E-state index contributed by atoms with van der Waals surface area (Å²) >= 11 is 0. The van der Waals surface area contributed by atoms with Gasteiger partial charge in [0.05, 0.1) is 5.56 Å². The molecule has 2 bridgehead atoms. The van der Waals surface area contributed by atoms with Gasteiger partial charge in [0.25, 0.3) is 5.91 Å². The summed E-state index contributed by atoms with van der Waals surface area (Å²) in [7, 11) is 0. The Hall–Kier alpha value is -2.80. The predicted octanol–water partition coefficient (Wildman–Crippen LogP) is 2.11. The minimum Gasteiger partial charge on any atom is -0.335 e. The minimum absolute atomic E-state index is 0.0834. The SMILES string of the molecule is O=C(c1cccn2nnnc12)N1CC2CCC1C1CN(Cc3ccccc3)CC21. The molecule has 29 heavy (non-hydrogen) atoms. The lowest BCUT2D eigenvalue weighted by Crippen LogP contribution is -2.59. The van der Waals surface area contributed by atoms with Gasteiger partial charge in [-0.3, -0.25) is 9.69 Å². The van der Waals surface area contributed by atoms with Gasteiger partial charge in [0.2, 0.25) is 0 Å². The number of carbonyl (C=O) groups is 1. The molecule has 7 nitrogen and oxygen atoms in total. The molecule has 0 radical (unpaired) electrons. The van der Waals surface area contributed by atoms with Gasteiger partial charge in [-0.2, -0.15) is 4.52 Å². The monoisotopic (exact) mass is 388 g/mol. The molecular formula is C22H24N6O. The van der Waals surface area contributed by atoms with Crippen molar-refractivity contribution < 1.29 is 4.79 Å². The standard InChI is InChI=1S/C22H24N6O/c29-22(17-7-4-10-28-21(17)23-24-25-28)27-12-16-8-9-20(27)19-14-26(13-18(16)19)11-15-5-2-1-3-6-15/h1-7,10,16,18-20H,8-9,11-14H2. The van der Waals surface area contributed by atoms with E-state index in [0.717, 1.165) is 32.6 Å². The Morgan fingerprint density at radius 2 is 1.86 bits per heavy atom. The van der Waals surface area contributed by atoms with E-state index in [2.05, 4.69) is 55.7 Å². The highest BCUT2D eigenvalue weighted by atomic mass is 16.2. The van der Waals surface area contributed by atoms with Crippen LogP contribution in [0, 0.1) is 17.8 Å². The first-order chi connectivity index (χ1) is 14.3. The maximum atomic E-state index is 13.5. The van der Waals surface area contributed by atoms with Gasteiger partial charge in [0, 0.05) is 38.4 Å². The zero-order chi connectivity index (χ0) is 19.4. The molecule has 7 heteroatoms. The number of rotatable bonds is 3. The van der Waals surface area contributed by atoms with Gasteiger partial charge < -0.3 is 4.90 Å². The van der Waals surface area contributed by atoms with Crippen LogP contribution in [0.5, 0.6) is 0 Å². The van der Waals surface area contributed by atoms with Gasteiger partial charge in [0.15, 0.2) is 5.65 Å². The second-order valence-corrected chi connectivity index (χ2v) is 8.74. The minimum atomic E-state index is 0.0834. The van der Waals surface area contributed by atoms with Crippen LogP contribution >= 0.6 is 0 Å². The maximum absolute atomic E-state index is 13.5. The highest BCUT2D eigenvalue weighted by Crippen LogP contribution is 2.47. The van der Waals surface area contributed by atoms with Crippen LogP contribution < -0.4 is 0 Å². The molecule has 0 N–H and O–H groups in total. The fraction of sp³-hybridized carbons (Fsp3) is 0.455. The molecule has 4 fully saturated rings. The third kappa shape index (κ3) is 2.75. The average molecular weight is 388 g/mol. The third-order valence-corrected chi connectivity index (χ3v) is 7.22. The fourth-order valence-corrected chi connectivity index (χ4v) is 5.95. The van der Waals surface area contributed by atoms with Gasteiger partial charge >= 0.3 is 0 Å². The molecule has 1 aliphatic carbocycles. The van der Waals surface area contributed by atoms with Crippen molar-refractivity contribution in [3.8, 4) is 0 Å². The van der Waals surface area contributed by atoms with Crippen molar-refractivity contribution in [2.45, 2.75) is 25.4 Å². The van der Waals surface area contributed by atoms with Crippen LogP contribution in [0.4, 0.5) is 0 Å². The lowest BCUT2D eigenvalue weighted by Gasteiger charge is -2.52. The Bertz CT molecular complexity index is 1050. The number of carbonyl (C=O) groups excluding carboxylic acids is 1. The first-order valence-electron chi connectivity index (χ1n) is 10.5. The lowest BCUT2D eigenvalue weighted by atomic mass is 9.66. The van der Waals surface area contributed by atoms with Gasteiger partial charge in [-0.15, -0.1) is 5.10 Å². The van der Waals surface area contributed by atoms with Crippen LogP contribution in [0.3, 0.4) is 0 Å². The zero-order valence-electron chi connectivity index (χ0n) is 16.3. The van der Waals surface area contributed by atoms with Crippen molar-refractivity contribution in [2.75, 3.05) is 19.6 Å². The van der Waals surface area contributed by atoms with E-state index in [4.69, 9.17) is 0 Å².